The van der Waals surface area contributed by atoms with Crippen LogP contribution in [0, 0.1) is 0 Å². The van der Waals surface area contributed by atoms with E-state index in [4.69, 9.17) is 4.74 Å². The highest BCUT2D eigenvalue weighted by Gasteiger charge is 2.43. The molecular weight excluding hydrogens is 330 g/mol. The predicted molar refractivity (Wildman–Crippen MR) is 98.4 cm³/mol. The summed E-state index contributed by atoms with van der Waals surface area (Å²) in [6.45, 7) is 7.84. The van der Waals surface area contributed by atoms with Gasteiger partial charge in [0.25, 0.3) is 5.91 Å². The molecule has 1 atom stereocenters. The second-order valence-electron chi connectivity index (χ2n) is 6.33. The third-order valence-corrected chi connectivity index (χ3v) is 4.82. The summed E-state index contributed by atoms with van der Waals surface area (Å²) in [5, 5.41) is 3.21. The molecule has 1 aromatic carbocycles. The summed E-state index contributed by atoms with van der Waals surface area (Å²) < 4.78 is 5.28. The zero-order chi connectivity index (χ0) is 19.0. The third kappa shape index (κ3) is 2.67. The van der Waals surface area contributed by atoms with Crippen molar-refractivity contribution in [3.05, 3.63) is 71.0 Å². The van der Waals surface area contributed by atoms with Crippen molar-refractivity contribution in [1.29, 1.82) is 0 Å². The molecule has 0 fully saturated rings. The Bertz CT molecular complexity index is 839. The van der Waals surface area contributed by atoms with Crippen molar-refractivity contribution in [1.82, 2.24) is 15.1 Å². The molecule has 1 amide bonds. The van der Waals surface area contributed by atoms with Gasteiger partial charge in [0, 0.05) is 19.8 Å². The first-order chi connectivity index (χ1) is 12.4. The molecule has 2 aliphatic rings. The number of nitrogens with one attached hydrogen (secondary N) is 1. The molecule has 1 unspecified atom stereocenters. The van der Waals surface area contributed by atoms with Crippen LogP contribution >= 0.6 is 0 Å². The third-order valence-electron chi connectivity index (χ3n) is 4.82. The molecule has 0 saturated heterocycles. The van der Waals surface area contributed by atoms with Crippen LogP contribution in [0.3, 0.4) is 0 Å². The number of hydrogen-bond donors (Lipinski definition) is 1. The Morgan fingerprint density at radius 3 is 2.50 bits per heavy atom. The predicted octanol–water partition coefficient (Wildman–Crippen LogP) is 2.30. The summed E-state index contributed by atoms with van der Waals surface area (Å²) in [5.74, 6) is 0.120. The second-order valence-corrected chi connectivity index (χ2v) is 6.33. The number of esters is 1. The lowest BCUT2D eigenvalue weighted by Gasteiger charge is -2.42. The Hall–Kier alpha value is -3.02. The van der Waals surface area contributed by atoms with Gasteiger partial charge < -0.3 is 15.0 Å². The number of hydrogen-bond acceptors (Lipinski definition) is 5. The van der Waals surface area contributed by atoms with Gasteiger partial charge in [0.2, 0.25) is 0 Å². The summed E-state index contributed by atoms with van der Waals surface area (Å²) in [4.78, 5) is 29.1. The van der Waals surface area contributed by atoms with E-state index in [1.54, 1.807) is 14.0 Å². The normalized spacial score (nSPS) is 20.2. The molecule has 1 N–H and O–H groups in total. The number of allylic oxidation sites excluding steroid dienone is 1. The highest BCUT2D eigenvalue weighted by Crippen LogP contribution is 2.42. The van der Waals surface area contributed by atoms with E-state index < -0.39 is 11.9 Å². The van der Waals surface area contributed by atoms with E-state index in [0.29, 0.717) is 28.5 Å². The molecule has 1 aromatic rings. The Morgan fingerprint density at radius 2 is 1.88 bits per heavy atom. The highest BCUT2D eigenvalue weighted by atomic mass is 16.5. The number of carbonyl (C=O) groups is 2. The number of nitrogens with zero attached hydrogens (tertiary/aromatic N) is 2. The largest absolute Gasteiger partial charge is 0.463 e. The zero-order valence-corrected chi connectivity index (χ0v) is 15.5. The van der Waals surface area contributed by atoms with E-state index in [1.165, 1.54) is 4.90 Å². The van der Waals surface area contributed by atoms with E-state index >= 15 is 0 Å². The Labute approximate surface area is 153 Å². The molecule has 2 aliphatic heterocycles. The SMILES string of the molecule is C=C1N(C)C(=O)C2=C(NC(C)=C(C(=O)OCC)C2c2ccccc2)N1C. The lowest BCUT2D eigenvalue weighted by atomic mass is 9.80. The van der Waals surface area contributed by atoms with Gasteiger partial charge in [-0.1, -0.05) is 36.9 Å². The first-order valence-electron chi connectivity index (χ1n) is 8.53. The number of carbonyl (C=O) groups excluding carboxylic acids is 2. The van der Waals surface area contributed by atoms with Crippen LogP contribution in [-0.4, -0.2) is 42.4 Å². The van der Waals surface area contributed by atoms with E-state index in [-0.39, 0.29) is 12.5 Å². The van der Waals surface area contributed by atoms with Gasteiger partial charge in [0.15, 0.2) is 0 Å². The van der Waals surface area contributed by atoms with Gasteiger partial charge in [-0.25, -0.2) is 4.79 Å². The first kappa shape index (κ1) is 17.8. The number of dihydropyridines is 1. The van der Waals surface area contributed by atoms with Gasteiger partial charge in [0.05, 0.1) is 23.7 Å². The fourth-order valence-electron chi connectivity index (χ4n) is 3.41. The van der Waals surface area contributed by atoms with Crippen LogP contribution in [-0.2, 0) is 14.3 Å². The van der Waals surface area contributed by atoms with Crippen molar-refractivity contribution < 1.29 is 14.3 Å². The molecule has 0 radical (unpaired) electrons. The smallest absolute Gasteiger partial charge is 0.336 e. The molecule has 0 aromatic heterocycles. The molecular formula is C20H23N3O3. The molecule has 136 valence electrons. The molecule has 0 spiro atoms. The van der Waals surface area contributed by atoms with Crippen molar-refractivity contribution in [3.8, 4) is 0 Å². The summed E-state index contributed by atoms with van der Waals surface area (Å²) in [6.07, 6.45) is 0. The molecule has 0 saturated carbocycles. The minimum absolute atomic E-state index is 0.182. The second kappa shape index (κ2) is 6.71. The maximum absolute atomic E-state index is 13.1. The van der Waals surface area contributed by atoms with Gasteiger partial charge >= 0.3 is 5.97 Å². The van der Waals surface area contributed by atoms with Crippen molar-refractivity contribution >= 4 is 11.9 Å². The maximum Gasteiger partial charge on any atom is 0.336 e. The summed E-state index contributed by atoms with van der Waals surface area (Å²) in [6, 6.07) is 9.54. The number of ether oxygens (including phenoxy) is 1. The van der Waals surface area contributed by atoms with Crippen LogP contribution in [0.15, 0.2) is 65.4 Å². The van der Waals surface area contributed by atoms with Gasteiger partial charge in [0.1, 0.15) is 11.6 Å². The molecule has 26 heavy (non-hydrogen) atoms. The maximum atomic E-state index is 13.1. The van der Waals surface area contributed by atoms with Crippen molar-refractivity contribution in [2.45, 2.75) is 19.8 Å². The van der Waals surface area contributed by atoms with Crippen LogP contribution in [0.25, 0.3) is 0 Å². The first-order valence-corrected chi connectivity index (χ1v) is 8.53. The number of likely N-dealkylation sites (N-methyl/N-ethyl adjacent to an activating group) is 1. The average Bonchev–Trinajstić information content (AvgIpc) is 2.64. The zero-order valence-electron chi connectivity index (χ0n) is 15.5. The highest BCUT2D eigenvalue weighted by molar-refractivity contribution is 6.03. The molecule has 6 nitrogen and oxygen atoms in total. The lowest BCUT2D eigenvalue weighted by molar-refractivity contribution is -0.138. The summed E-state index contributed by atoms with van der Waals surface area (Å²) in [7, 11) is 3.53. The summed E-state index contributed by atoms with van der Waals surface area (Å²) in [5.41, 5.74) is 2.52. The van der Waals surface area contributed by atoms with E-state index in [1.807, 2.05) is 49.2 Å². The minimum Gasteiger partial charge on any atom is -0.463 e. The number of amides is 1. The van der Waals surface area contributed by atoms with Gasteiger partial charge in [-0.2, -0.15) is 0 Å². The fourth-order valence-corrected chi connectivity index (χ4v) is 3.41. The Kier molecular flexibility index (Phi) is 4.59. The Morgan fingerprint density at radius 1 is 1.23 bits per heavy atom. The minimum atomic E-state index is -0.503. The van der Waals surface area contributed by atoms with E-state index in [9.17, 15) is 9.59 Å². The topological polar surface area (TPSA) is 61.9 Å². The van der Waals surface area contributed by atoms with Crippen LogP contribution < -0.4 is 5.32 Å². The molecule has 6 heteroatoms. The van der Waals surface area contributed by atoms with Gasteiger partial charge in [-0.3, -0.25) is 9.69 Å². The lowest BCUT2D eigenvalue weighted by Crippen LogP contribution is -2.48. The van der Waals surface area contributed by atoms with Crippen LogP contribution in [0.5, 0.6) is 0 Å². The monoisotopic (exact) mass is 353 g/mol. The number of rotatable bonds is 3. The molecule has 2 heterocycles. The van der Waals surface area contributed by atoms with Gasteiger partial charge in [-0.15, -0.1) is 0 Å². The average molecular weight is 353 g/mol. The Balaban J connectivity index is 2.23. The van der Waals surface area contributed by atoms with Crippen molar-refractivity contribution in [3.63, 3.8) is 0 Å². The molecule has 0 bridgehead atoms. The van der Waals surface area contributed by atoms with Gasteiger partial charge in [-0.05, 0) is 19.4 Å². The quantitative estimate of drug-likeness (QED) is 0.845. The van der Waals surface area contributed by atoms with E-state index in [2.05, 4.69) is 11.9 Å². The van der Waals surface area contributed by atoms with Crippen LogP contribution in [0.2, 0.25) is 0 Å². The van der Waals surface area contributed by atoms with Crippen molar-refractivity contribution in [2.75, 3.05) is 20.7 Å². The molecule has 3 rings (SSSR count). The fraction of sp³-hybridized carbons (Fsp3) is 0.300. The molecule has 0 aliphatic carbocycles. The van der Waals surface area contributed by atoms with Crippen LogP contribution in [0.4, 0.5) is 0 Å². The van der Waals surface area contributed by atoms with Crippen LogP contribution in [0.1, 0.15) is 25.3 Å². The summed E-state index contributed by atoms with van der Waals surface area (Å²) >= 11 is 0. The van der Waals surface area contributed by atoms with Crippen molar-refractivity contribution in [2.24, 2.45) is 0 Å². The standard InChI is InChI=1S/C20H23N3O3/c1-6-26-20(25)15-12(2)21-18-17(16(15)14-10-8-7-9-11-14)19(24)23(5)13(3)22(18)4/h7-11,16,21H,3,6H2,1-2,4-5H3. The van der Waals surface area contributed by atoms with E-state index in [0.717, 1.165) is 5.56 Å². The number of benzene rings is 1.